The smallest absolute Gasteiger partial charge is 0.221 e. The third-order valence-electron chi connectivity index (χ3n) is 2.66. The van der Waals surface area contributed by atoms with Crippen LogP contribution < -0.4 is 5.32 Å². The van der Waals surface area contributed by atoms with Crippen LogP contribution in [0, 0.1) is 11.6 Å². The van der Waals surface area contributed by atoms with E-state index in [0.29, 0.717) is 12.3 Å². The Hall–Kier alpha value is -1.82. The van der Waals surface area contributed by atoms with Gasteiger partial charge in [0.1, 0.15) is 11.6 Å². The van der Waals surface area contributed by atoms with Crippen LogP contribution in [0.15, 0.2) is 22.6 Å². The fourth-order valence-corrected chi connectivity index (χ4v) is 1.69. The Bertz CT molecular complexity index is 522. The van der Waals surface area contributed by atoms with Gasteiger partial charge in [0.25, 0.3) is 0 Å². The van der Waals surface area contributed by atoms with Crippen molar-refractivity contribution < 1.29 is 13.2 Å². The summed E-state index contributed by atoms with van der Waals surface area (Å²) in [7, 11) is 0. The Balaban J connectivity index is 2.03. The number of hydrogen-bond donors (Lipinski definition) is 1. The number of hydrogen-bond acceptors (Lipinski definition) is 4. The second-order valence-electron chi connectivity index (χ2n) is 4.07. The van der Waals surface area contributed by atoms with Crippen molar-refractivity contribution in [2.45, 2.75) is 19.8 Å². The molecule has 0 unspecified atom stereocenters. The Morgan fingerprint density at radius 2 is 1.84 bits per heavy atom. The molecule has 6 heteroatoms. The third-order valence-corrected chi connectivity index (χ3v) is 2.66. The van der Waals surface area contributed by atoms with Crippen LogP contribution in [0.25, 0.3) is 0 Å². The number of benzene rings is 1. The van der Waals surface area contributed by atoms with Crippen molar-refractivity contribution in [2.75, 3.05) is 13.1 Å². The molecule has 0 aliphatic carbocycles. The minimum absolute atomic E-state index is 0.0350. The second kappa shape index (κ2) is 6.38. The first-order valence-corrected chi connectivity index (χ1v) is 6.15. The zero-order valence-electron chi connectivity index (χ0n) is 10.6. The summed E-state index contributed by atoms with van der Waals surface area (Å²) >= 11 is 0. The van der Waals surface area contributed by atoms with E-state index in [-0.39, 0.29) is 17.9 Å². The number of likely N-dealkylation sites (N-methyl/N-ethyl adjacent to an activating group) is 1. The summed E-state index contributed by atoms with van der Waals surface area (Å²) in [5.41, 5.74) is -0.0515. The zero-order valence-corrected chi connectivity index (χ0v) is 10.6. The molecule has 0 atom stereocenters. The van der Waals surface area contributed by atoms with Gasteiger partial charge in [-0.25, -0.2) is 8.78 Å². The van der Waals surface area contributed by atoms with Crippen LogP contribution >= 0.6 is 0 Å². The molecule has 19 heavy (non-hydrogen) atoms. The molecule has 4 nitrogen and oxygen atoms in total. The van der Waals surface area contributed by atoms with E-state index in [1.807, 2.05) is 6.92 Å². The predicted octanol–water partition coefficient (Wildman–Crippen LogP) is 2.09. The minimum atomic E-state index is -0.604. The molecule has 2 rings (SSSR count). The molecule has 1 aromatic heterocycles. The number of nitrogens with one attached hydrogen (secondary N) is 1. The molecule has 1 aromatic carbocycles. The van der Waals surface area contributed by atoms with Crippen molar-refractivity contribution in [3.05, 3.63) is 47.2 Å². The first-order valence-electron chi connectivity index (χ1n) is 6.15. The van der Waals surface area contributed by atoms with Gasteiger partial charge >= 0.3 is 0 Å². The average molecular weight is 267 g/mol. The molecule has 1 N–H and O–H groups in total. The zero-order chi connectivity index (χ0) is 13.7. The van der Waals surface area contributed by atoms with Crippen molar-refractivity contribution in [1.29, 1.82) is 0 Å². The number of nitrogens with zero attached hydrogens (tertiary/aromatic N) is 2. The molecule has 0 radical (unpaired) electrons. The van der Waals surface area contributed by atoms with Crippen LogP contribution in [0.4, 0.5) is 8.78 Å². The van der Waals surface area contributed by atoms with E-state index in [1.54, 1.807) is 0 Å². The molecule has 0 aliphatic rings. The summed E-state index contributed by atoms with van der Waals surface area (Å²) < 4.78 is 32.3. The summed E-state index contributed by atoms with van der Waals surface area (Å²) in [5.74, 6) is -0.525. The lowest BCUT2D eigenvalue weighted by molar-refractivity contribution is 0.445. The van der Waals surface area contributed by atoms with Gasteiger partial charge in [0.2, 0.25) is 11.8 Å². The van der Waals surface area contributed by atoms with E-state index in [4.69, 9.17) is 4.42 Å². The van der Waals surface area contributed by atoms with E-state index in [2.05, 4.69) is 15.5 Å². The molecule has 0 saturated heterocycles. The van der Waals surface area contributed by atoms with E-state index >= 15 is 0 Å². The van der Waals surface area contributed by atoms with Crippen LogP contribution in [-0.4, -0.2) is 23.3 Å². The van der Waals surface area contributed by atoms with Crippen molar-refractivity contribution in [3.63, 3.8) is 0 Å². The van der Waals surface area contributed by atoms with E-state index in [1.165, 1.54) is 18.2 Å². The van der Waals surface area contributed by atoms with Gasteiger partial charge in [0, 0.05) is 18.5 Å². The number of halogens is 2. The monoisotopic (exact) mass is 267 g/mol. The first-order chi connectivity index (χ1) is 9.20. The number of rotatable bonds is 6. The normalized spacial score (nSPS) is 10.9. The van der Waals surface area contributed by atoms with E-state index in [0.717, 1.165) is 13.1 Å². The molecule has 0 amide bonds. The first kappa shape index (κ1) is 13.6. The minimum Gasteiger partial charge on any atom is -0.425 e. The summed E-state index contributed by atoms with van der Waals surface area (Å²) in [6.07, 6.45) is 0.563. The summed E-state index contributed by atoms with van der Waals surface area (Å²) in [5, 5.41) is 10.8. The Labute approximate surface area is 109 Å². The average Bonchev–Trinajstić information content (AvgIpc) is 2.82. The highest BCUT2D eigenvalue weighted by Gasteiger charge is 2.13. The van der Waals surface area contributed by atoms with Crippen molar-refractivity contribution >= 4 is 0 Å². The standard InChI is InChI=1S/C13H15F2N3O/c1-2-16-7-6-12-17-18-13(19-12)8-9-10(14)4-3-5-11(9)15/h3-5,16H,2,6-8H2,1H3. The number of aromatic nitrogens is 2. The lowest BCUT2D eigenvalue weighted by Crippen LogP contribution is -2.16. The second-order valence-corrected chi connectivity index (χ2v) is 4.07. The van der Waals surface area contributed by atoms with Gasteiger partial charge in [-0.3, -0.25) is 0 Å². The van der Waals surface area contributed by atoms with Crippen molar-refractivity contribution in [3.8, 4) is 0 Å². The Morgan fingerprint density at radius 1 is 1.16 bits per heavy atom. The molecule has 2 aromatic rings. The van der Waals surface area contributed by atoms with E-state index in [9.17, 15) is 8.78 Å². The molecular weight excluding hydrogens is 252 g/mol. The fraction of sp³-hybridized carbons (Fsp3) is 0.385. The van der Waals surface area contributed by atoms with Gasteiger partial charge in [-0.05, 0) is 18.7 Å². The highest BCUT2D eigenvalue weighted by atomic mass is 19.1. The van der Waals surface area contributed by atoms with Crippen LogP contribution in [0.2, 0.25) is 0 Å². The van der Waals surface area contributed by atoms with Gasteiger partial charge in [0.15, 0.2) is 0 Å². The molecule has 0 fully saturated rings. The fourth-order valence-electron chi connectivity index (χ4n) is 1.69. The van der Waals surface area contributed by atoms with Gasteiger partial charge in [-0.1, -0.05) is 13.0 Å². The van der Waals surface area contributed by atoms with Crippen LogP contribution in [0.5, 0.6) is 0 Å². The molecule has 0 bridgehead atoms. The van der Waals surface area contributed by atoms with E-state index < -0.39 is 11.6 Å². The molecule has 0 saturated carbocycles. The van der Waals surface area contributed by atoms with Gasteiger partial charge < -0.3 is 9.73 Å². The quantitative estimate of drug-likeness (QED) is 0.814. The topological polar surface area (TPSA) is 51.0 Å². The highest BCUT2D eigenvalue weighted by molar-refractivity contribution is 5.22. The maximum absolute atomic E-state index is 13.5. The van der Waals surface area contributed by atoms with Crippen LogP contribution in [0.3, 0.4) is 0 Å². The largest absolute Gasteiger partial charge is 0.425 e. The van der Waals surface area contributed by atoms with Gasteiger partial charge in [0.05, 0.1) is 6.42 Å². The van der Waals surface area contributed by atoms with Crippen LogP contribution in [0.1, 0.15) is 24.3 Å². The lowest BCUT2D eigenvalue weighted by atomic mass is 10.1. The SMILES string of the molecule is CCNCCc1nnc(Cc2c(F)cccc2F)o1. The van der Waals surface area contributed by atoms with Crippen molar-refractivity contribution in [1.82, 2.24) is 15.5 Å². The highest BCUT2D eigenvalue weighted by Crippen LogP contribution is 2.16. The Morgan fingerprint density at radius 3 is 2.53 bits per heavy atom. The summed E-state index contributed by atoms with van der Waals surface area (Å²) in [6.45, 7) is 3.59. The maximum Gasteiger partial charge on any atom is 0.221 e. The predicted molar refractivity (Wildman–Crippen MR) is 65.7 cm³/mol. The summed E-state index contributed by atoms with van der Waals surface area (Å²) in [4.78, 5) is 0. The third kappa shape index (κ3) is 3.57. The molecule has 102 valence electrons. The molecule has 0 spiro atoms. The Kier molecular flexibility index (Phi) is 4.57. The van der Waals surface area contributed by atoms with Gasteiger partial charge in [-0.2, -0.15) is 0 Å². The molecular formula is C13H15F2N3O. The van der Waals surface area contributed by atoms with Crippen molar-refractivity contribution in [2.24, 2.45) is 0 Å². The van der Waals surface area contributed by atoms with Crippen LogP contribution in [-0.2, 0) is 12.8 Å². The van der Waals surface area contributed by atoms with Gasteiger partial charge in [-0.15, -0.1) is 10.2 Å². The maximum atomic E-state index is 13.5. The summed E-state index contributed by atoms with van der Waals surface area (Å²) in [6, 6.07) is 3.74. The lowest BCUT2D eigenvalue weighted by Gasteiger charge is -2.01. The molecule has 0 aliphatic heterocycles. The molecule has 1 heterocycles.